The van der Waals surface area contributed by atoms with Gasteiger partial charge in [-0.05, 0) is 37.0 Å². The van der Waals surface area contributed by atoms with Gasteiger partial charge in [0.15, 0.2) is 5.96 Å². The van der Waals surface area contributed by atoms with Crippen molar-refractivity contribution in [3.05, 3.63) is 29.6 Å². The van der Waals surface area contributed by atoms with Gasteiger partial charge in [0.05, 0.1) is 0 Å². The second kappa shape index (κ2) is 7.65. The number of nitrogens with zero attached hydrogens (tertiary/aromatic N) is 2. The van der Waals surface area contributed by atoms with Gasteiger partial charge in [0, 0.05) is 32.5 Å². The molecule has 0 atom stereocenters. The number of rotatable bonds is 5. The van der Waals surface area contributed by atoms with Gasteiger partial charge in [0.1, 0.15) is 0 Å². The second-order valence-corrected chi connectivity index (χ2v) is 3.98. The summed E-state index contributed by atoms with van der Waals surface area (Å²) >= 11 is 0. The van der Waals surface area contributed by atoms with Crippen LogP contribution in [0.15, 0.2) is 23.5 Å². The van der Waals surface area contributed by atoms with E-state index in [1.54, 1.807) is 7.05 Å². The van der Waals surface area contributed by atoms with Gasteiger partial charge in [0.25, 0.3) is 0 Å². The Balaban J connectivity index is 2.34. The summed E-state index contributed by atoms with van der Waals surface area (Å²) in [6.45, 7) is 6.06. The SMILES string of the molecule is CCCNC(=NC)NCCc1ccncc1C. The zero-order chi connectivity index (χ0) is 12.5. The Bertz CT molecular complexity index is 360. The maximum absolute atomic E-state index is 4.16. The first-order valence-corrected chi connectivity index (χ1v) is 6.12. The lowest BCUT2D eigenvalue weighted by atomic mass is 10.1. The Hall–Kier alpha value is -1.58. The Kier molecular flexibility index (Phi) is 6.07. The monoisotopic (exact) mass is 234 g/mol. The molecular formula is C13H22N4. The summed E-state index contributed by atoms with van der Waals surface area (Å²) in [7, 11) is 1.79. The van der Waals surface area contributed by atoms with Crippen molar-refractivity contribution in [1.82, 2.24) is 15.6 Å². The third kappa shape index (κ3) is 4.85. The maximum Gasteiger partial charge on any atom is 0.190 e. The van der Waals surface area contributed by atoms with E-state index < -0.39 is 0 Å². The third-order valence-corrected chi connectivity index (χ3v) is 2.59. The van der Waals surface area contributed by atoms with Gasteiger partial charge in [-0.3, -0.25) is 9.98 Å². The molecule has 94 valence electrons. The summed E-state index contributed by atoms with van der Waals surface area (Å²) < 4.78 is 0. The molecule has 1 aromatic rings. The minimum Gasteiger partial charge on any atom is -0.356 e. The highest BCUT2D eigenvalue weighted by atomic mass is 15.2. The molecule has 0 aliphatic rings. The van der Waals surface area contributed by atoms with Crippen molar-refractivity contribution in [3.8, 4) is 0 Å². The van der Waals surface area contributed by atoms with E-state index in [2.05, 4.69) is 40.5 Å². The van der Waals surface area contributed by atoms with E-state index in [1.165, 1.54) is 11.1 Å². The quantitative estimate of drug-likeness (QED) is 0.600. The maximum atomic E-state index is 4.16. The summed E-state index contributed by atoms with van der Waals surface area (Å²) in [6, 6.07) is 2.07. The van der Waals surface area contributed by atoms with E-state index >= 15 is 0 Å². The normalized spacial score (nSPS) is 11.4. The summed E-state index contributed by atoms with van der Waals surface area (Å²) in [4.78, 5) is 8.25. The van der Waals surface area contributed by atoms with E-state index in [9.17, 15) is 0 Å². The standard InChI is InChI=1S/C13H22N4/c1-4-7-16-13(14-3)17-9-6-12-5-8-15-10-11(12)2/h5,8,10H,4,6-7,9H2,1-3H3,(H2,14,16,17). The molecule has 0 aliphatic heterocycles. The lowest BCUT2D eigenvalue weighted by Gasteiger charge is -2.11. The van der Waals surface area contributed by atoms with Crippen LogP contribution in [-0.2, 0) is 6.42 Å². The first-order valence-electron chi connectivity index (χ1n) is 6.12. The number of pyridine rings is 1. The van der Waals surface area contributed by atoms with Crippen LogP contribution in [0.3, 0.4) is 0 Å². The van der Waals surface area contributed by atoms with Crippen LogP contribution in [0.1, 0.15) is 24.5 Å². The van der Waals surface area contributed by atoms with Crippen molar-refractivity contribution in [2.75, 3.05) is 20.1 Å². The number of nitrogens with one attached hydrogen (secondary N) is 2. The number of guanidine groups is 1. The highest BCUT2D eigenvalue weighted by Gasteiger charge is 1.99. The van der Waals surface area contributed by atoms with E-state index in [4.69, 9.17) is 0 Å². The van der Waals surface area contributed by atoms with Gasteiger partial charge >= 0.3 is 0 Å². The molecule has 0 spiro atoms. The molecule has 4 heteroatoms. The molecule has 0 saturated heterocycles. The van der Waals surface area contributed by atoms with Crippen LogP contribution in [0.5, 0.6) is 0 Å². The third-order valence-electron chi connectivity index (χ3n) is 2.59. The molecule has 4 nitrogen and oxygen atoms in total. The Morgan fingerprint density at radius 3 is 2.76 bits per heavy atom. The number of aryl methyl sites for hydroxylation is 1. The Morgan fingerprint density at radius 1 is 1.35 bits per heavy atom. The van der Waals surface area contributed by atoms with Crippen LogP contribution in [0.4, 0.5) is 0 Å². The van der Waals surface area contributed by atoms with Gasteiger partial charge in [-0.25, -0.2) is 0 Å². The highest BCUT2D eigenvalue weighted by molar-refractivity contribution is 5.79. The van der Waals surface area contributed by atoms with E-state index in [-0.39, 0.29) is 0 Å². The molecule has 0 aromatic carbocycles. The zero-order valence-electron chi connectivity index (χ0n) is 11.0. The highest BCUT2D eigenvalue weighted by Crippen LogP contribution is 2.04. The second-order valence-electron chi connectivity index (χ2n) is 3.98. The fraction of sp³-hybridized carbons (Fsp3) is 0.538. The summed E-state index contributed by atoms with van der Waals surface area (Å²) in [5.41, 5.74) is 2.57. The van der Waals surface area contributed by atoms with Crippen molar-refractivity contribution in [1.29, 1.82) is 0 Å². The molecule has 0 bridgehead atoms. The molecule has 1 rings (SSSR count). The molecular weight excluding hydrogens is 212 g/mol. The van der Waals surface area contributed by atoms with Crippen LogP contribution < -0.4 is 10.6 Å². The van der Waals surface area contributed by atoms with E-state index in [1.807, 2.05) is 12.4 Å². The van der Waals surface area contributed by atoms with Gasteiger partial charge in [-0.1, -0.05) is 6.92 Å². The first kappa shape index (κ1) is 13.5. The van der Waals surface area contributed by atoms with Crippen molar-refractivity contribution in [3.63, 3.8) is 0 Å². The predicted molar refractivity (Wildman–Crippen MR) is 72.3 cm³/mol. The minimum absolute atomic E-state index is 0.874. The van der Waals surface area contributed by atoms with Gasteiger partial charge in [0.2, 0.25) is 0 Å². The van der Waals surface area contributed by atoms with E-state index in [0.717, 1.165) is 31.9 Å². The van der Waals surface area contributed by atoms with Gasteiger partial charge in [-0.15, -0.1) is 0 Å². The summed E-state index contributed by atoms with van der Waals surface area (Å²) in [5.74, 6) is 0.874. The molecule has 0 saturated carbocycles. The molecule has 1 heterocycles. The number of aliphatic imine (C=N–C) groups is 1. The number of hydrogen-bond acceptors (Lipinski definition) is 2. The molecule has 0 unspecified atom stereocenters. The Morgan fingerprint density at radius 2 is 2.12 bits per heavy atom. The average Bonchev–Trinajstić information content (AvgIpc) is 2.35. The van der Waals surface area contributed by atoms with Crippen molar-refractivity contribution in [2.45, 2.75) is 26.7 Å². The van der Waals surface area contributed by atoms with E-state index in [0.29, 0.717) is 0 Å². The summed E-state index contributed by atoms with van der Waals surface area (Å²) in [5, 5.41) is 6.54. The average molecular weight is 234 g/mol. The molecule has 0 amide bonds. The predicted octanol–water partition coefficient (Wildman–Crippen LogP) is 1.51. The zero-order valence-corrected chi connectivity index (χ0v) is 11.0. The molecule has 2 N–H and O–H groups in total. The van der Waals surface area contributed by atoms with Crippen LogP contribution in [0.25, 0.3) is 0 Å². The van der Waals surface area contributed by atoms with Crippen LogP contribution in [0.2, 0.25) is 0 Å². The van der Waals surface area contributed by atoms with Crippen molar-refractivity contribution in [2.24, 2.45) is 4.99 Å². The fourth-order valence-corrected chi connectivity index (χ4v) is 1.56. The first-order chi connectivity index (χ1) is 8.27. The van der Waals surface area contributed by atoms with Gasteiger partial charge in [-0.2, -0.15) is 0 Å². The molecule has 0 aliphatic carbocycles. The van der Waals surface area contributed by atoms with Crippen LogP contribution >= 0.6 is 0 Å². The smallest absolute Gasteiger partial charge is 0.190 e. The van der Waals surface area contributed by atoms with Crippen molar-refractivity contribution < 1.29 is 0 Å². The molecule has 17 heavy (non-hydrogen) atoms. The van der Waals surface area contributed by atoms with Crippen LogP contribution in [0, 0.1) is 6.92 Å². The van der Waals surface area contributed by atoms with Gasteiger partial charge < -0.3 is 10.6 Å². The number of hydrogen-bond donors (Lipinski definition) is 2. The van der Waals surface area contributed by atoms with Crippen molar-refractivity contribution >= 4 is 5.96 Å². The molecule has 0 fully saturated rings. The largest absolute Gasteiger partial charge is 0.356 e. The lowest BCUT2D eigenvalue weighted by Crippen LogP contribution is -2.38. The minimum atomic E-state index is 0.874. The topological polar surface area (TPSA) is 49.3 Å². The Labute approximate surface area is 104 Å². The molecule has 0 radical (unpaired) electrons. The molecule has 1 aromatic heterocycles. The lowest BCUT2D eigenvalue weighted by molar-refractivity contribution is 0.772. The van der Waals surface area contributed by atoms with Crippen LogP contribution in [-0.4, -0.2) is 31.1 Å². The summed E-state index contributed by atoms with van der Waals surface area (Å²) in [6.07, 6.45) is 5.83. The number of aromatic nitrogens is 1. The fourth-order valence-electron chi connectivity index (χ4n) is 1.56.